The minimum atomic E-state index is 0.650. The Morgan fingerprint density at radius 3 is 1.28 bits per heavy atom. The van der Waals surface area contributed by atoms with Crippen LogP contribution in [-0.4, -0.2) is 22.5 Å². The van der Waals surface area contributed by atoms with Crippen molar-refractivity contribution in [3.63, 3.8) is 0 Å². The number of nitrogens with zero attached hydrogens (tertiary/aromatic N) is 2. The van der Waals surface area contributed by atoms with Gasteiger partial charge in [0.05, 0.1) is 11.0 Å². The van der Waals surface area contributed by atoms with Crippen LogP contribution in [0.25, 0.3) is 44.1 Å². The normalized spacial score (nSPS) is 11.1. The summed E-state index contributed by atoms with van der Waals surface area (Å²) >= 11 is 0. The predicted octanol–water partition coefficient (Wildman–Crippen LogP) is 6.36. The lowest BCUT2D eigenvalue weighted by Crippen LogP contribution is -1.95. The number of fused-ring (bicyclic) bond motifs is 3. The van der Waals surface area contributed by atoms with Gasteiger partial charge >= 0.3 is 0 Å². The molecule has 0 spiro atoms. The Morgan fingerprint density at radius 1 is 0.562 bits per heavy atom. The van der Waals surface area contributed by atoms with Crippen LogP contribution in [0, 0.1) is 13.8 Å². The molecule has 5 rings (SSSR count). The minimum Gasteiger partial charge on any atom is -0.298 e. The Kier molecular flexibility index (Phi) is 4.83. The van der Waals surface area contributed by atoms with E-state index in [-0.39, 0.29) is 0 Å². The van der Waals surface area contributed by atoms with Crippen molar-refractivity contribution in [3.05, 3.63) is 95.3 Å². The van der Waals surface area contributed by atoms with Crippen molar-refractivity contribution in [2.75, 3.05) is 0 Å². The second-order valence-corrected chi connectivity index (χ2v) is 7.96. The Hall–Kier alpha value is -4.18. The molecule has 5 aromatic rings. The van der Waals surface area contributed by atoms with E-state index in [9.17, 15) is 9.59 Å². The van der Waals surface area contributed by atoms with Crippen LogP contribution in [0.4, 0.5) is 0 Å². The van der Waals surface area contributed by atoms with E-state index in [0.717, 1.165) is 68.0 Å². The zero-order chi connectivity index (χ0) is 22.2. The molecule has 0 aliphatic carbocycles. The van der Waals surface area contributed by atoms with Crippen molar-refractivity contribution in [2.24, 2.45) is 0 Å². The Labute approximate surface area is 185 Å². The molecule has 0 unspecified atom stereocenters. The fraction of sp³-hybridized carbons (Fsp3) is 0.0714. The smallest absolute Gasteiger partial charge is 0.150 e. The van der Waals surface area contributed by atoms with E-state index in [2.05, 4.69) is 24.3 Å². The lowest BCUT2D eigenvalue weighted by molar-refractivity contribution is 0.111. The topological polar surface area (TPSA) is 59.9 Å². The molecule has 0 aliphatic rings. The van der Waals surface area contributed by atoms with Crippen LogP contribution in [0.2, 0.25) is 0 Å². The van der Waals surface area contributed by atoms with Gasteiger partial charge in [-0.15, -0.1) is 0 Å². The van der Waals surface area contributed by atoms with Crippen LogP contribution in [0.5, 0.6) is 0 Å². The maximum absolute atomic E-state index is 11.0. The molecule has 0 saturated carbocycles. The van der Waals surface area contributed by atoms with Gasteiger partial charge in [-0.1, -0.05) is 60.7 Å². The highest BCUT2D eigenvalue weighted by Crippen LogP contribution is 2.36. The van der Waals surface area contributed by atoms with Gasteiger partial charge < -0.3 is 0 Å². The highest BCUT2D eigenvalue weighted by Gasteiger charge is 2.14. The van der Waals surface area contributed by atoms with E-state index in [0.29, 0.717) is 11.1 Å². The number of aryl methyl sites for hydroxylation is 2. The third kappa shape index (κ3) is 3.36. The molecule has 0 fully saturated rings. The Balaban J connectivity index is 1.79. The summed E-state index contributed by atoms with van der Waals surface area (Å²) in [6.07, 6.45) is 1.70. The van der Waals surface area contributed by atoms with E-state index in [1.807, 2.05) is 62.4 Å². The molecule has 0 amide bonds. The second-order valence-electron chi connectivity index (χ2n) is 7.96. The summed E-state index contributed by atoms with van der Waals surface area (Å²) in [7, 11) is 0. The van der Waals surface area contributed by atoms with Gasteiger partial charge in [0.1, 0.15) is 12.6 Å². The molecule has 3 aromatic carbocycles. The number of pyridine rings is 2. The van der Waals surface area contributed by atoms with Crippen molar-refractivity contribution in [3.8, 4) is 22.3 Å². The largest absolute Gasteiger partial charge is 0.298 e. The summed E-state index contributed by atoms with van der Waals surface area (Å²) in [5.41, 5.74) is 9.00. The zero-order valence-electron chi connectivity index (χ0n) is 17.8. The van der Waals surface area contributed by atoms with Crippen LogP contribution >= 0.6 is 0 Å². The van der Waals surface area contributed by atoms with Crippen molar-refractivity contribution in [1.82, 2.24) is 9.97 Å². The summed E-state index contributed by atoms with van der Waals surface area (Å²) in [6, 6.07) is 23.5. The van der Waals surface area contributed by atoms with Gasteiger partial charge in [0.25, 0.3) is 0 Å². The van der Waals surface area contributed by atoms with Crippen LogP contribution in [0.3, 0.4) is 0 Å². The zero-order valence-corrected chi connectivity index (χ0v) is 17.8. The molecular formula is C28H20N2O2. The SMILES string of the molecule is Cc1cc(-c2ccc(C=O)cc2)c2ccc3c(-c4ccc(C=O)cc4)cc(C)nc3c2n1. The van der Waals surface area contributed by atoms with Gasteiger partial charge in [-0.05, 0) is 48.2 Å². The molecule has 0 atom stereocenters. The maximum atomic E-state index is 11.0. The molecule has 2 aromatic heterocycles. The summed E-state index contributed by atoms with van der Waals surface area (Å²) < 4.78 is 0. The fourth-order valence-electron chi connectivity index (χ4n) is 4.19. The number of hydrogen-bond donors (Lipinski definition) is 0. The quantitative estimate of drug-likeness (QED) is 0.253. The predicted molar refractivity (Wildman–Crippen MR) is 128 cm³/mol. The van der Waals surface area contributed by atoms with Gasteiger partial charge in [-0.3, -0.25) is 19.6 Å². The number of aromatic nitrogens is 2. The van der Waals surface area contributed by atoms with E-state index in [1.165, 1.54) is 0 Å². The molecule has 0 saturated heterocycles. The van der Waals surface area contributed by atoms with Gasteiger partial charge in [-0.2, -0.15) is 0 Å². The number of aldehydes is 2. The first-order valence-corrected chi connectivity index (χ1v) is 10.4. The van der Waals surface area contributed by atoms with Gasteiger partial charge in [-0.25, -0.2) is 0 Å². The van der Waals surface area contributed by atoms with E-state index >= 15 is 0 Å². The number of benzene rings is 3. The van der Waals surface area contributed by atoms with Crippen LogP contribution in [0.1, 0.15) is 32.1 Å². The van der Waals surface area contributed by atoms with E-state index < -0.39 is 0 Å². The summed E-state index contributed by atoms with van der Waals surface area (Å²) in [4.78, 5) is 31.8. The molecule has 154 valence electrons. The Morgan fingerprint density at radius 2 is 0.938 bits per heavy atom. The molecule has 0 bridgehead atoms. The average molecular weight is 416 g/mol. The summed E-state index contributed by atoms with van der Waals surface area (Å²) in [5.74, 6) is 0. The third-order valence-electron chi connectivity index (χ3n) is 5.73. The van der Waals surface area contributed by atoms with E-state index in [1.54, 1.807) is 0 Å². The maximum Gasteiger partial charge on any atom is 0.150 e. The molecule has 32 heavy (non-hydrogen) atoms. The first-order chi connectivity index (χ1) is 15.6. The second kappa shape index (κ2) is 7.82. The van der Waals surface area contributed by atoms with Crippen LogP contribution < -0.4 is 0 Å². The fourth-order valence-corrected chi connectivity index (χ4v) is 4.19. The minimum absolute atomic E-state index is 0.650. The molecule has 2 heterocycles. The van der Waals surface area contributed by atoms with Gasteiger partial charge in [0.15, 0.2) is 0 Å². The van der Waals surface area contributed by atoms with Crippen LogP contribution in [0.15, 0.2) is 72.8 Å². The van der Waals surface area contributed by atoms with E-state index in [4.69, 9.17) is 9.97 Å². The molecule has 4 heteroatoms. The number of carbonyl (C=O) groups excluding carboxylic acids is 2. The number of rotatable bonds is 4. The molecule has 0 aliphatic heterocycles. The third-order valence-corrected chi connectivity index (χ3v) is 5.73. The summed E-state index contributed by atoms with van der Waals surface area (Å²) in [6.45, 7) is 3.97. The first-order valence-electron chi connectivity index (χ1n) is 10.4. The molecular weight excluding hydrogens is 396 g/mol. The van der Waals surface area contributed by atoms with Crippen molar-refractivity contribution in [2.45, 2.75) is 13.8 Å². The first kappa shape index (κ1) is 19.8. The highest BCUT2D eigenvalue weighted by atomic mass is 16.1. The lowest BCUT2D eigenvalue weighted by atomic mass is 9.95. The molecule has 4 nitrogen and oxygen atoms in total. The number of carbonyl (C=O) groups is 2. The average Bonchev–Trinajstić information content (AvgIpc) is 2.83. The van der Waals surface area contributed by atoms with Gasteiger partial charge in [0.2, 0.25) is 0 Å². The van der Waals surface area contributed by atoms with Crippen LogP contribution in [-0.2, 0) is 0 Å². The highest BCUT2D eigenvalue weighted by molar-refractivity contribution is 6.12. The van der Waals surface area contributed by atoms with Gasteiger partial charge in [0, 0.05) is 33.3 Å². The molecule has 0 N–H and O–H groups in total. The summed E-state index contributed by atoms with van der Waals surface area (Å²) in [5, 5.41) is 2.03. The monoisotopic (exact) mass is 416 g/mol. The molecule has 0 radical (unpaired) electrons. The number of hydrogen-bond acceptors (Lipinski definition) is 4. The van der Waals surface area contributed by atoms with Crippen molar-refractivity contribution < 1.29 is 9.59 Å². The van der Waals surface area contributed by atoms with Crippen molar-refractivity contribution in [1.29, 1.82) is 0 Å². The lowest BCUT2D eigenvalue weighted by Gasteiger charge is -2.13. The Bertz CT molecular complexity index is 1390. The standard InChI is InChI=1S/C28H20N2O2/c1-17-13-25(21-7-3-19(15-31)4-8-21)23-11-12-24-26(22-9-5-20(16-32)6-10-22)14-18(2)30-28(24)27(23)29-17/h3-16H,1-2H3. The van der Waals surface area contributed by atoms with Crippen molar-refractivity contribution >= 4 is 34.4 Å².